The number of carbonyl (C=O) groups excluding carboxylic acids is 3. The molecule has 0 spiro atoms. The van der Waals surface area contributed by atoms with E-state index < -0.39 is 6.04 Å². The van der Waals surface area contributed by atoms with Gasteiger partial charge in [0.05, 0.1) is 12.6 Å². The maximum atomic E-state index is 13.4. The molecule has 3 fully saturated rings. The Hall–Kier alpha value is -2.20. The summed E-state index contributed by atoms with van der Waals surface area (Å²) in [5, 5.41) is 11.8. The van der Waals surface area contributed by atoms with E-state index in [-0.39, 0.29) is 41.9 Å². The lowest BCUT2D eigenvalue weighted by Gasteiger charge is -2.42. The molecule has 4 amide bonds. The Bertz CT molecular complexity index is 839. The molecule has 2 aliphatic heterocycles. The lowest BCUT2D eigenvalue weighted by atomic mass is 10.1. The summed E-state index contributed by atoms with van der Waals surface area (Å²) in [4.78, 5) is 46.3. The smallest absolute Gasteiger partial charge is 0.315 e. The number of amides is 4. The van der Waals surface area contributed by atoms with Crippen molar-refractivity contribution >= 4 is 29.2 Å². The van der Waals surface area contributed by atoms with Crippen LogP contribution in [0.4, 0.5) is 4.79 Å². The van der Waals surface area contributed by atoms with Crippen LogP contribution in [0.15, 0.2) is 5.38 Å². The summed E-state index contributed by atoms with van der Waals surface area (Å²) in [6, 6.07) is -0.575. The minimum atomic E-state index is -0.411. The zero-order valence-corrected chi connectivity index (χ0v) is 19.2. The fourth-order valence-corrected chi connectivity index (χ4v) is 5.22. The highest BCUT2D eigenvalue weighted by Gasteiger charge is 2.46. The van der Waals surface area contributed by atoms with Crippen LogP contribution in [0.1, 0.15) is 43.8 Å². The number of aryl methyl sites for hydroxylation is 1. The van der Waals surface area contributed by atoms with Gasteiger partial charge in [0, 0.05) is 48.7 Å². The number of urea groups is 1. The molecule has 0 unspecified atom stereocenters. The molecule has 3 heterocycles. The number of carbonyl (C=O) groups is 3. The SMILES string of the molecule is Cc1csc(CN2C[C@@H]3C[C@H](NC(=O)NC(C)C)CN3C(=O)[C@@H]2CNC(=O)C2CC2)n1. The van der Waals surface area contributed by atoms with Gasteiger partial charge in [0.25, 0.3) is 0 Å². The first-order chi connectivity index (χ1) is 14.8. The van der Waals surface area contributed by atoms with Gasteiger partial charge in [-0.05, 0) is 40.0 Å². The summed E-state index contributed by atoms with van der Waals surface area (Å²) in [5.41, 5.74) is 0.977. The zero-order chi connectivity index (χ0) is 22.1. The maximum absolute atomic E-state index is 13.4. The molecule has 10 heteroatoms. The van der Waals surface area contributed by atoms with Crippen LogP contribution < -0.4 is 16.0 Å². The molecule has 3 N–H and O–H groups in total. The largest absolute Gasteiger partial charge is 0.354 e. The lowest BCUT2D eigenvalue weighted by Crippen LogP contribution is -2.62. The Balaban J connectivity index is 1.44. The molecule has 1 aromatic rings. The third kappa shape index (κ3) is 5.35. The third-order valence-electron chi connectivity index (χ3n) is 6.05. The maximum Gasteiger partial charge on any atom is 0.315 e. The fraction of sp³-hybridized carbons (Fsp3) is 0.714. The van der Waals surface area contributed by atoms with Gasteiger partial charge in [-0.15, -0.1) is 11.3 Å². The predicted octanol–water partition coefficient (Wildman–Crippen LogP) is 0.839. The third-order valence-corrected chi connectivity index (χ3v) is 7.00. The van der Waals surface area contributed by atoms with Crippen LogP contribution >= 0.6 is 11.3 Å². The molecule has 1 saturated carbocycles. The summed E-state index contributed by atoms with van der Waals surface area (Å²) in [6.07, 6.45) is 2.60. The molecule has 0 bridgehead atoms. The van der Waals surface area contributed by atoms with Gasteiger partial charge in [-0.3, -0.25) is 14.5 Å². The Morgan fingerprint density at radius 2 is 2.06 bits per heavy atom. The van der Waals surface area contributed by atoms with Crippen LogP contribution in [-0.2, 0) is 16.1 Å². The van der Waals surface area contributed by atoms with Crippen molar-refractivity contribution < 1.29 is 14.4 Å². The van der Waals surface area contributed by atoms with Gasteiger partial charge >= 0.3 is 6.03 Å². The second kappa shape index (κ2) is 9.12. The second-order valence-electron chi connectivity index (χ2n) is 9.20. The molecule has 1 aromatic heterocycles. The molecule has 0 aromatic carbocycles. The van der Waals surface area contributed by atoms with Crippen molar-refractivity contribution in [3.8, 4) is 0 Å². The normalized spacial score (nSPS) is 26.1. The Labute approximate surface area is 186 Å². The van der Waals surface area contributed by atoms with Crippen LogP contribution in [-0.4, -0.2) is 76.4 Å². The van der Waals surface area contributed by atoms with Crippen LogP contribution in [0.3, 0.4) is 0 Å². The van der Waals surface area contributed by atoms with Gasteiger partial charge < -0.3 is 20.9 Å². The van der Waals surface area contributed by atoms with Crippen LogP contribution in [0.2, 0.25) is 0 Å². The molecule has 1 aliphatic carbocycles. The number of hydrogen-bond donors (Lipinski definition) is 3. The van der Waals surface area contributed by atoms with Crippen molar-refractivity contribution in [3.05, 3.63) is 16.1 Å². The Morgan fingerprint density at radius 3 is 2.71 bits per heavy atom. The van der Waals surface area contributed by atoms with Gasteiger partial charge in [0.15, 0.2) is 0 Å². The highest BCUT2D eigenvalue weighted by atomic mass is 32.1. The molecule has 9 nitrogen and oxygen atoms in total. The fourth-order valence-electron chi connectivity index (χ4n) is 4.43. The average molecular weight is 449 g/mol. The van der Waals surface area contributed by atoms with Crippen LogP contribution in [0.5, 0.6) is 0 Å². The lowest BCUT2D eigenvalue weighted by molar-refractivity contribution is -0.144. The first-order valence-electron chi connectivity index (χ1n) is 11.1. The summed E-state index contributed by atoms with van der Waals surface area (Å²) in [7, 11) is 0. The van der Waals surface area contributed by atoms with Gasteiger partial charge in [-0.25, -0.2) is 9.78 Å². The number of rotatable bonds is 7. The van der Waals surface area contributed by atoms with Gasteiger partial charge in [-0.2, -0.15) is 0 Å². The topological polar surface area (TPSA) is 107 Å². The number of nitrogens with zero attached hydrogens (tertiary/aromatic N) is 3. The van der Waals surface area contributed by atoms with Crippen molar-refractivity contribution in [1.29, 1.82) is 0 Å². The van der Waals surface area contributed by atoms with E-state index in [1.165, 1.54) is 0 Å². The number of fused-ring (bicyclic) bond motifs is 1. The second-order valence-corrected chi connectivity index (χ2v) is 10.1. The standard InChI is InChI=1S/C21H32N6O3S/c1-12(2)23-21(30)25-15-6-16-9-26(10-18-24-13(3)11-31-18)17(20(29)27(16)8-15)7-22-19(28)14-4-5-14/h11-12,14-17H,4-10H2,1-3H3,(H,22,28)(H2,23,25,30)/t15-,16-,17-/m0/s1. The van der Waals surface area contributed by atoms with Crippen molar-refractivity contribution in [1.82, 2.24) is 30.7 Å². The number of aromatic nitrogens is 1. The summed E-state index contributed by atoms with van der Waals surface area (Å²) < 4.78 is 0. The highest BCUT2D eigenvalue weighted by Crippen LogP contribution is 2.30. The number of hydrogen-bond acceptors (Lipinski definition) is 6. The van der Waals surface area contributed by atoms with E-state index in [4.69, 9.17) is 0 Å². The number of nitrogens with one attached hydrogen (secondary N) is 3. The number of piperazine rings is 1. The molecule has 3 atom stereocenters. The van der Waals surface area contributed by atoms with Crippen LogP contribution in [0.25, 0.3) is 0 Å². The molecular formula is C21H32N6O3S. The van der Waals surface area contributed by atoms with E-state index in [1.54, 1.807) is 11.3 Å². The molecule has 170 valence electrons. The number of thiazole rings is 1. The molecule has 3 aliphatic rings. The van der Waals surface area contributed by atoms with E-state index >= 15 is 0 Å². The van der Waals surface area contributed by atoms with E-state index in [1.807, 2.05) is 31.1 Å². The van der Waals surface area contributed by atoms with Crippen molar-refractivity contribution in [2.24, 2.45) is 5.92 Å². The zero-order valence-electron chi connectivity index (χ0n) is 18.4. The highest BCUT2D eigenvalue weighted by molar-refractivity contribution is 7.09. The van der Waals surface area contributed by atoms with Gasteiger partial charge in [0.2, 0.25) is 11.8 Å². The van der Waals surface area contributed by atoms with Gasteiger partial charge in [0.1, 0.15) is 11.0 Å². The van der Waals surface area contributed by atoms with Crippen molar-refractivity contribution in [3.63, 3.8) is 0 Å². The minimum absolute atomic E-state index is 0.0224. The summed E-state index contributed by atoms with van der Waals surface area (Å²) in [5.74, 6) is 0.182. The first-order valence-corrected chi connectivity index (χ1v) is 12.0. The van der Waals surface area contributed by atoms with Crippen LogP contribution in [0, 0.1) is 12.8 Å². The summed E-state index contributed by atoms with van der Waals surface area (Å²) in [6.45, 7) is 7.91. The predicted molar refractivity (Wildman–Crippen MR) is 117 cm³/mol. The molecule has 31 heavy (non-hydrogen) atoms. The van der Waals surface area contributed by atoms with Gasteiger partial charge in [-0.1, -0.05) is 0 Å². The van der Waals surface area contributed by atoms with E-state index in [9.17, 15) is 14.4 Å². The quantitative estimate of drug-likeness (QED) is 0.573. The average Bonchev–Trinajstić information content (AvgIpc) is 3.35. The van der Waals surface area contributed by atoms with E-state index in [0.717, 1.165) is 30.0 Å². The molecule has 0 radical (unpaired) electrons. The monoisotopic (exact) mass is 448 g/mol. The Kier molecular flexibility index (Phi) is 6.47. The summed E-state index contributed by atoms with van der Waals surface area (Å²) >= 11 is 1.60. The van der Waals surface area contributed by atoms with Crippen molar-refractivity contribution in [2.45, 2.75) is 70.7 Å². The molecule has 2 saturated heterocycles. The molecule has 4 rings (SSSR count). The van der Waals surface area contributed by atoms with E-state index in [2.05, 4.69) is 25.8 Å². The minimum Gasteiger partial charge on any atom is -0.354 e. The van der Waals surface area contributed by atoms with E-state index in [0.29, 0.717) is 26.2 Å². The molecular weight excluding hydrogens is 416 g/mol. The Morgan fingerprint density at radius 1 is 1.29 bits per heavy atom. The van der Waals surface area contributed by atoms with Crippen molar-refractivity contribution in [2.75, 3.05) is 19.6 Å². The first kappa shape index (κ1) is 22.0.